The van der Waals surface area contributed by atoms with Gasteiger partial charge < -0.3 is 5.32 Å². The molecule has 0 saturated heterocycles. The van der Waals surface area contributed by atoms with Crippen LogP contribution >= 0.6 is 0 Å². The normalized spacial score (nSPS) is 18.1. The molecule has 0 spiro atoms. The molecule has 1 N–H and O–H groups in total. The van der Waals surface area contributed by atoms with Gasteiger partial charge >= 0.3 is 0 Å². The van der Waals surface area contributed by atoms with Crippen LogP contribution in [-0.2, 0) is 0 Å². The van der Waals surface area contributed by atoms with Crippen LogP contribution in [0, 0.1) is 12.7 Å². The molecular weight excluding hydrogens is 225 g/mol. The van der Waals surface area contributed by atoms with Gasteiger partial charge in [0.05, 0.1) is 6.04 Å². The van der Waals surface area contributed by atoms with Crippen LogP contribution < -0.4 is 5.32 Å². The van der Waals surface area contributed by atoms with Gasteiger partial charge in [-0.1, -0.05) is 24.1 Å². The minimum absolute atomic E-state index is 0.148. The second-order valence-electron chi connectivity index (χ2n) is 5.10. The predicted molar refractivity (Wildman–Crippen MR) is 74.1 cm³/mol. The van der Waals surface area contributed by atoms with Crippen molar-refractivity contribution in [3.05, 3.63) is 46.8 Å². The lowest BCUT2D eigenvalue weighted by Crippen LogP contribution is -2.20. The maximum absolute atomic E-state index is 13.4. The Morgan fingerprint density at radius 1 is 1.22 bits per heavy atom. The molecule has 1 aliphatic rings. The van der Waals surface area contributed by atoms with Gasteiger partial charge in [-0.25, -0.2) is 4.39 Å². The number of aryl methyl sites for hydroxylation is 1. The summed E-state index contributed by atoms with van der Waals surface area (Å²) in [6.45, 7) is 2.05. The molecule has 0 radical (unpaired) electrons. The lowest BCUT2D eigenvalue weighted by atomic mass is 9.92. The van der Waals surface area contributed by atoms with E-state index in [9.17, 15) is 4.39 Å². The maximum Gasteiger partial charge on any atom is 0.123 e. The smallest absolute Gasteiger partial charge is 0.123 e. The van der Waals surface area contributed by atoms with Gasteiger partial charge in [0.25, 0.3) is 0 Å². The summed E-state index contributed by atoms with van der Waals surface area (Å²) in [7, 11) is 1.96. The van der Waals surface area contributed by atoms with Crippen LogP contribution in [0.2, 0.25) is 0 Å². The summed E-state index contributed by atoms with van der Waals surface area (Å²) in [6.07, 6.45) is 8.46. The van der Waals surface area contributed by atoms with Gasteiger partial charge in [0.1, 0.15) is 5.82 Å². The molecule has 1 unspecified atom stereocenters. The van der Waals surface area contributed by atoms with Crippen molar-refractivity contribution in [2.75, 3.05) is 7.05 Å². The number of nitrogens with one attached hydrogen (secondary N) is 1. The summed E-state index contributed by atoms with van der Waals surface area (Å²) in [6, 6.07) is 5.24. The zero-order chi connectivity index (χ0) is 13.0. The molecule has 2 rings (SSSR count). The average Bonchev–Trinajstić information content (AvgIpc) is 2.64. The van der Waals surface area contributed by atoms with Crippen molar-refractivity contribution in [3.8, 4) is 0 Å². The molecule has 0 heterocycles. The molecule has 0 amide bonds. The second-order valence-corrected chi connectivity index (χ2v) is 5.10. The molecule has 0 saturated carbocycles. The fourth-order valence-corrected chi connectivity index (χ4v) is 2.76. The first-order chi connectivity index (χ1) is 8.72. The first-order valence-corrected chi connectivity index (χ1v) is 6.84. The van der Waals surface area contributed by atoms with E-state index in [1.807, 2.05) is 13.1 Å². The Morgan fingerprint density at radius 3 is 2.83 bits per heavy atom. The molecule has 0 bridgehead atoms. The van der Waals surface area contributed by atoms with Crippen molar-refractivity contribution in [2.45, 2.75) is 45.1 Å². The molecule has 98 valence electrons. The molecule has 1 aromatic carbocycles. The highest BCUT2D eigenvalue weighted by Gasteiger charge is 2.18. The predicted octanol–water partition coefficient (Wildman–Crippen LogP) is 4.29. The maximum atomic E-state index is 13.4. The van der Waals surface area contributed by atoms with Gasteiger partial charge in [-0.05, 0) is 62.9 Å². The van der Waals surface area contributed by atoms with Crippen molar-refractivity contribution in [3.63, 3.8) is 0 Å². The summed E-state index contributed by atoms with van der Waals surface area (Å²) in [5.41, 5.74) is 3.65. The number of rotatable bonds is 3. The van der Waals surface area contributed by atoms with E-state index >= 15 is 0 Å². The fraction of sp³-hybridized carbons (Fsp3) is 0.500. The Hall–Kier alpha value is -1.15. The van der Waals surface area contributed by atoms with Crippen LogP contribution in [0.4, 0.5) is 4.39 Å². The Kier molecular flexibility index (Phi) is 4.54. The van der Waals surface area contributed by atoms with Gasteiger partial charge in [0.2, 0.25) is 0 Å². The monoisotopic (exact) mass is 247 g/mol. The number of benzene rings is 1. The Bertz CT molecular complexity index is 437. The molecular formula is C16H22FN. The lowest BCUT2D eigenvalue weighted by Gasteiger charge is -2.22. The van der Waals surface area contributed by atoms with Gasteiger partial charge in [0, 0.05) is 0 Å². The highest BCUT2D eigenvalue weighted by Crippen LogP contribution is 2.30. The largest absolute Gasteiger partial charge is 0.310 e. The number of likely N-dealkylation sites (N-methyl/N-ethyl adjacent to an activating group) is 1. The van der Waals surface area contributed by atoms with Gasteiger partial charge in [-0.15, -0.1) is 0 Å². The summed E-state index contributed by atoms with van der Waals surface area (Å²) < 4.78 is 13.4. The highest BCUT2D eigenvalue weighted by atomic mass is 19.1. The summed E-state index contributed by atoms with van der Waals surface area (Å²) in [5.74, 6) is -0.148. The number of allylic oxidation sites excluding steroid dienone is 1. The van der Waals surface area contributed by atoms with Crippen LogP contribution in [0.25, 0.3) is 0 Å². The van der Waals surface area contributed by atoms with Gasteiger partial charge in [0.15, 0.2) is 0 Å². The third-order valence-electron chi connectivity index (χ3n) is 3.79. The Labute approximate surface area is 109 Å². The standard InChI is InChI=1S/C16H22FN/c1-12-9-10-14(17)11-15(12)16(18-2)13-7-5-3-4-6-8-13/h7,9-11,16,18H,3-6,8H2,1-2H3. The Balaban J connectivity index is 2.32. The third-order valence-corrected chi connectivity index (χ3v) is 3.79. The summed E-state index contributed by atoms with van der Waals surface area (Å²) in [5, 5.41) is 3.35. The first kappa shape index (κ1) is 13.3. The van der Waals surface area contributed by atoms with E-state index in [0.717, 1.165) is 24.0 Å². The minimum Gasteiger partial charge on any atom is -0.310 e. The van der Waals surface area contributed by atoms with Crippen LogP contribution in [-0.4, -0.2) is 7.05 Å². The van der Waals surface area contributed by atoms with Crippen molar-refractivity contribution in [1.82, 2.24) is 5.32 Å². The van der Waals surface area contributed by atoms with E-state index in [-0.39, 0.29) is 11.9 Å². The van der Waals surface area contributed by atoms with E-state index in [1.165, 1.54) is 30.9 Å². The van der Waals surface area contributed by atoms with Crippen molar-refractivity contribution in [2.24, 2.45) is 0 Å². The Morgan fingerprint density at radius 2 is 2.06 bits per heavy atom. The van der Waals surface area contributed by atoms with Crippen molar-refractivity contribution >= 4 is 0 Å². The fourth-order valence-electron chi connectivity index (χ4n) is 2.76. The molecule has 1 atom stereocenters. The highest BCUT2D eigenvalue weighted by molar-refractivity contribution is 5.35. The van der Waals surface area contributed by atoms with Crippen LogP contribution in [0.15, 0.2) is 29.8 Å². The molecule has 2 heteroatoms. The van der Waals surface area contributed by atoms with E-state index in [4.69, 9.17) is 0 Å². The van der Waals surface area contributed by atoms with E-state index < -0.39 is 0 Å². The third kappa shape index (κ3) is 2.99. The minimum atomic E-state index is -0.148. The zero-order valence-corrected chi connectivity index (χ0v) is 11.3. The quantitative estimate of drug-likeness (QED) is 0.786. The molecule has 1 nitrogen and oxygen atoms in total. The second kappa shape index (κ2) is 6.14. The van der Waals surface area contributed by atoms with E-state index in [1.54, 1.807) is 6.07 Å². The van der Waals surface area contributed by atoms with Crippen LogP contribution in [0.5, 0.6) is 0 Å². The molecule has 1 aliphatic carbocycles. The average molecular weight is 247 g/mol. The number of halogens is 1. The number of hydrogen-bond donors (Lipinski definition) is 1. The van der Waals surface area contributed by atoms with Crippen LogP contribution in [0.1, 0.15) is 49.3 Å². The van der Waals surface area contributed by atoms with Crippen molar-refractivity contribution < 1.29 is 4.39 Å². The van der Waals surface area contributed by atoms with Gasteiger partial charge in [-0.3, -0.25) is 0 Å². The first-order valence-electron chi connectivity index (χ1n) is 6.84. The SMILES string of the molecule is CNC(C1=CCCCCC1)c1cc(F)ccc1C. The lowest BCUT2D eigenvalue weighted by molar-refractivity contribution is 0.601. The molecule has 1 aromatic rings. The molecule has 18 heavy (non-hydrogen) atoms. The molecule has 0 fully saturated rings. The van der Waals surface area contributed by atoms with Gasteiger partial charge in [-0.2, -0.15) is 0 Å². The number of hydrogen-bond acceptors (Lipinski definition) is 1. The molecule has 0 aromatic heterocycles. The zero-order valence-electron chi connectivity index (χ0n) is 11.3. The van der Waals surface area contributed by atoms with E-state index in [2.05, 4.69) is 18.3 Å². The topological polar surface area (TPSA) is 12.0 Å². The molecule has 0 aliphatic heterocycles. The van der Waals surface area contributed by atoms with E-state index in [0.29, 0.717) is 0 Å². The van der Waals surface area contributed by atoms with Crippen LogP contribution in [0.3, 0.4) is 0 Å². The summed E-state index contributed by atoms with van der Waals surface area (Å²) in [4.78, 5) is 0. The van der Waals surface area contributed by atoms with Crippen molar-refractivity contribution in [1.29, 1.82) is 0 Å². The summed E-state index contributed by atoms with van der Waals surface area (Å²) >= 11 is 0.